The fourth-order valence-electron chi connectivity index (χ4n) is 1.30. The third kappa shape index (κ3) is 1.61. The Kier molecular flexibility index (Phi) is 2.24. The van der Waals surface area contributed by atoms with Crippen molar-refractivity contribution in [1.82, 2.24) is 5.43 Å². The van der Waals surface area contributed by atoms with Gasteiger partial charge in [0.1, 0.15) is 0 Å². The predicted molar refractivity (Wildman–Crippen MR) is 47.7 cm³/mol. The zero-order valence-electron chi connectivity index (χ0n) is 7.66. The molecular weight excluding hydrogens is 168 g/mol. The number of urea groups is 1. The van der Waals surface area contributed by atoms with Crippen molar-refractivity contribution in [1.29, 1.82) is 5.26 Å². The fraction of sp³-hybridized carbons (Fsp3) is 0.625. The fourth-order valence-corrected chi connectivity index (χ4v) is 1.30. The molecular formula is C8H12N4O. The summed E-state index contributed by atoms with van der Waals surface area (Å²) in [5.41, 5.74) is 7.60. The van der Waals surface area contributed by atoms with Gasteiger partial charge in [0.25, 0.3) is 0 Å². The molecule has 2 amide bonds. The number of nitrogens with two attached hydrogens (primary N) is 1. The van der Waals surface area contributed by atoms with Gasteiger partial charge >= 0.3 is 6.03 Å². The minimum Gasteiger partial charge on any atom is -0.350 e. The second-order valence-electron chi connectivity index (χ2n) is 3.64. The van der Waals surface area contributed by atoms with Gasteiger partial charge in [0, 0.05) is 17.5 Å². The number of carbonyl (C=O) groups is 1. The zero-order valence-corrected chi connectivity index (χ0v) is 7.66. The second kappa shape index (κ2) is 3.05. The Balaban J connectivity index is 2.64. The zero-order chi connectivity index (χ0) is 10.1. The Morgan fingerprint density at radius 3 is 2.85 bits per heavy atom. The number of hydrogen-bond acceptors (Lipinski definition) is 3. The highest BCUT2D eigenvalue weighted by molar-refractivity contribution is 5.97. The Bertz CT molecular complexity index is 300. The Hall–Kier alpha value is -1.57. The van der Waals surface area contributed by atoms with Crippen LogP contribution in [0.2, 0.25) is 0 Å². The molecule has 1 atom stereocenters. The van der Waals surface area contributed by atoms with Crippen molar-refractivity contribution in [3.05, 3.63) is 0 Å². The van der Waals surface area contributed by atoms with Crippen LogP contribution in [0.25, 0.3) is 0 Å². The quantitative estimate of drug-likeness (QED) is 0.578. The summed E-state index contributed by atoms with van der Waals surface area (Å²) in [7, 11) is 0. The van der Waals surface area contributed by atoms with Crippen LogP contribution >= 0.6 is 0 Å². The van der Waals surface area contributed by atoms with E-state index in [2.05, 4.69) is 16.6 Å². The number of hydrogen-bond donors (Lipinski definition) is 2. The van der Waals surface area contributed by atoms with Crippen molar-refractivity contribution in [3.63, 3.8) is 0 Å². The van der Waals surface area contributed by atoms with Gasteiger partial charge in [-0.15, -0.1) is 0 Å². The van der Waals surface area contributed by atoms with Crippen molar-refractivity contribution in [2.24, 2.45) is 22.2 Å². The normalized spacial score (nSPS) is 27.5. The highest BCUT2D eigenvalue weighted by Crippen LogP contribution is 2.42. The van der Waals surface area contributed by atoms with Gasteiger partial charge in [0.05, 0.1) is 12.0 Å². The number of hydrazone groups is 1. The lowest BCUT2D eigenvalue weighted by Gasteiger charge is -2.41. The summed E-state index contributed by atoms with van der Waals surface area (Å²) in [6.45, 7) is 3.85. The Morgan fingerprint density at radius 2 is 2.46 bits per heavy atom. The summed E-state index contributed by atoms with van der Waals surface area (Å²) < 4.78 is 0. The average Bonchev–Trinajstić information content (AvgIpc) is 2.02. The van der Waals surface area contributed by atoms with Crippen molar-refractivity contribution in [3.8, 4) is 6.07 Å². The molecule has 0 aromatic rings. The lowest BCUT2D eigenvalue weighted by Crippen LogP contribution is -2.46. The summed E-state index contributed by atoms with van der Waals surface area (Å²) in [6.07, 6.45) is 0.615. The molecule has 0 bridgehead atoms. The number of primary amides is 1. The number of nitrogens with one attached hydrogen (secondary N) is 1. The number of rotatable bonds is 1. The van der Waals surface area contributed by atoms with Crippen LogP contribution in [0.4, 0.5) is 4.79 Å². The van der Waals surface area contributed by atoms with Crippen LogP contribution in [-0.4, -0.2) is 11.7 Å². The molecule has 0 spiro atoms. The maximum absolute atomic E-state index is 10.3. The Labute approximate surface area is 76.6 Å². The van der Waals surface area contributed by atoms with Crippen LogP contribution < -0.4 is 11.2 Å². The minimum absolute atomic E-state index is 0.0130. The molecule has 1 saturated carbocycles. The third-order valence-electron chi connectivity index (χ3n) is 2.47. The maximum Gasteiger partial charge on any atom is 0.332 e. The third-order valence-corrected chi connectivity index (χ3v) is 2.47. The monoisotopic (exact) mass is 180 g/mol. The summed E-state index contributed by atoms with van der Waals surface area (Å²) in [5.74, 6) is -0.0130. The van der Waals surface area contributed by atoms with Gasteiger partial charge in [-0.2, -0.15) is 10.4 Å². The molecule has 1 aliphatic carbocycles. The van der Waals surface area contributed by atoms with Gasteiger partial charge < -0.3 is 5.73 Å². The van der Waals surface area contributed by atoms with Gasteiger partial charge in [-0.05, 0) is 0 Å². The first kappa shape index (κ1) is 9.52. The number of nitriles is 1. The maximum atomic E-state index is 10.3. The van der Waals surface area contributed by atoms with Crippen LogP contribution in [0.5, 0.6) is 0 Å². The molecule has 1 fully saturated rings. The van der Waals surface area contributed by atoms with E-state index in [1.54, 1.807) is 0 Å². The summed E-state index contributed by atoms with van der Waals surface area (Å²) in [6, 6.07) is 1.51. The van der Waals surface area contributed by atoms with Crippen LogP contribution in [0.3, 0.4) is 0 Å². The van der Waals surface area contributed by atoms with Crippen molar-refractivity contribution < 1.29 is 4.79 Å². The highest BCUT2D eigenvalue weighted by atomic mass is 16.2. The van der Waals surface area contributed by atoms with Crippen LogP contribution in [0.1, 0.15) is 20.3 Å². The molecule has 1 unspecified atom stereocenters. The molecule has 0 radical (unpaired) electrons. The van der Waals surface area contributed by atoms with E-state index in [1.165, 1.54) is 0 Å². The molecule has 0 aromatic carbocycles. The Morgan fingerprint density at radius 1 is 1.85 bits per heavy atom. The molecule has 1 rings (SSSR count). The standard InChI is InChI=1S/C8H12N4O/c1-8(2)5(4-9)3-6(8)11-12-7(10)13/h5H,3H2,1-2H3,(H3,10,12,13)/b11-6+. The van der Waals surface area contributed by atoms with E-state index in [-0.39, 0.29) is 11.3 Å². The molecule has 0 saturated heterocycles. The molecule has 5 heteroatoms. The van der Waals surface area contributed by atoms with Gasteiger partial charge in [0.2, 0.25) is 0 Å². The molecule has 0 aliphatic heterocycles. The lowest BCUT2D eigenvalue weighted by atomic mass is 9.61. The smallest absolute Gasteiger partial charge is 0.332 e. The average molecular weight is 180 g/mol. The predicted octanol–water partition coefficient (Wildman–Crippen LogP) is 0.580. The second-order valence-corrected chi connectivity index (χ2v) is 3.64. The molecule has 13 heavy (non-hydrogen) atoms. The van der Waals surface area contributed by atoms with Crippen molar-refractivity contribution >= 4 is 11.7 Å². The first-order valence-electron chi connectivity index (χ1n) is 4.00. The first-order valence-corrected chi connectivity index (χ1v) is 4.00. The van der Waals surface area contributed by atoms with Crippen LogP contribution in [0, 0.1) is 22.7 Å². The van der Waals surface area contributed by atoms with Gasteiger partial charge in [-0.25, -0.2) is 10.2 Å². The largest absolute Gasteiger partial charge is 0.350 e. The topological polar surface area (TPSA) is 91.3 Å². The van der Waals surface area contributed by atoms with Gasteiger partial charge in [-0.1, -0.05) is 13.8 Å². The highest BCUT2D eigenvalue weighted by Gasteiger charge is 2.45. The van der Waals surface area contributed by atoms with Crippen LogP contribution in [0.15, 0.2) is 5.10 Å². The molecule has 1 aliphatic rings. The molecule has 3 N–H and O–H groups in total. The molecule has 70 valence electrons. The number of nitrogens with zero attached hydrogens (tertiary/aromatic N) is 2. The van der Waals surface area contributed by atoms with E-state index in [4.69, 9.17) is 11.0 Å². The van der Waals surface area contributed by atoms with E-state index < -0.39 is 6.03 Å². The number of amides is 2. The van der Waals surface area contributed by atoms with Gasteiger partial charge in [0.15, 0.2) is 0 Å². The van der Waals surface area contributed by atoms with Gasteiger partial charge in [-0.3, -0.25) is 0 Å². The van der Waals surface area contributed by atoms with Crippen molar-refractivity contribution in [2.75, 3.05) is 0 Å². The van der Waals surface area contributed by atoms with E-state index in [0.29, 0.717) is 6.42 Å². The molecule has 0 aromatic heterocycles. The minimum atomic E-state index is -0.677. The van der Waals surface area contributed by atoms with E-state index in [9.17, 15) is 4.79 Å². The number of carbonyl (C=O) groups excluding carboxylic acids is 1. The first-order chi connectivity index (χ1) is 5.98. The van der Waals surface area contributed by atoms with Crippen LogP contribution in [-0.2, 0) is 0 Å². The molecule has 5 nitrogen and oxygen atoms in total. The van der Waals surface area contributed by atoms with E-state index >= 15 is 0 Å². The molecule has 0 heterocycles. The van der Waals surface area contributed by atoms with E-state index in [1.807, 2.05) is 13.8 Å². The summed E-state index contributed by atoms with van der Waals surface area (Å²) in [4.78, 5) is 10.3. The van der Waals surface area contributed by atoms with E-state index in [0.717, 1.165) is 5.71 Å². The van der Waals surface area contributed by atoms with Crippen molar-refractivity contribution in [2.45, 2.75) is 20.3 Å². The summed E-state index contributed by atoms with van der Waals surface area (Å²) in [5, 5.41) is 12.5. The SMILES string of the molecule is CC1(C)/C(=N/NC(N)=O)CC1C#N. The lowest BCUT2D eigenvalue weighted by molar-refractivity contribution is 0.248. The summed E-state index contributed by atoms with van der Waals surface area (Å²) >= 11 is 0.